The molecule has 2 fully saturated rings. The molecule has 0 amide bonds. The molecule has 0 saturated carbocycles. The summed E-state index contributed by atoms with van der Waals surface area (Å²) in [7, 11) is -1.40. The second kappa shape index (κ2) is 7.46. The van der Waals surface area contributed by atoms with Crippen molar-refractivity contribution in [3.05, 3.63) is 35.9 Å². The van der Waals surface area contributed by atoms with Crippen LogP contribution in [0.25, 0.3) is 0 Å². The van der Waals surface area contributed by atoms with Gasteiger partial charge in [-0.2, -0.15) is 0 Å². The average Bonchev–Trinajstić information content (AvgIpc) is 2.88. The monoisotopic (exact) mass is 382 g/mol. The van der Waals surface area contributed by atoms with Crippen LogP contribution in [0.4, 0.5) is 0 Å². The van der Waals surface area contributed by atoms with Gasteiger partial charge in [0.15, 0.2) is 5.79 Å². The van der Waals surface area contributed by atoms with Crippen LogP contribution in [0.1, 0.15) is 31.1 Å². The van der Waals surface area contributed by atoms with Crippen LogP contribution in [-0.2, 0) is 34.5 Å². The third-order valence-electron chi connectivity index (χ3n) is 4.27. The van der Waals surface area contributed by atoms with Gasteiger partial charge < -0.3 is 18.9 Å². The summed E-state index contributed by atoms with van der Waals surface area (Å²) in [6.45, 7) is 4.65. The Kier molecular flexibility index (Phi) is 5.45. The first-order valence-electron chi connectivity index (χ1n) is 8.39. The van der Waals surface area contributed by atoms with Crippen LogP contribution in [0.15, 0.2) is 30.3 Å². The van der Waals surface area contributed by atoms with Crippen molar-refractivity contribution in [2.75, 3.05) is 12.4 Å². The molecular weight excluding hydrogens is 360 g/mol. The first kappa shape index (κ1) is 19.0. The molecule has 0 bridgehead atoms. The van der Waals surface area contributed by atoms with E-state index in [2.05, 4.69) is 0 Å². The predicted molar refractivity (Wildman–Crippen MR) is 92.9 cm³/mol. The highest BCUT2D eigenvalue weighted by molar-refractivity contribution is 7.85. The molecule has 2 aliphatic heterocycles. The highest BCUT2D eigenvalue weighted by Gasteiger charge is 2.54. The SMILES string of the molecule is CC(=O)O[C@H]1[C@@H]2OC(C)(C)O[C@H]2CS(=O)[C@@H]1COC(=O)c1ccccc1. The number of fused-ring (bicyclic) bond motifs is 1. The lowest BCUT2D eigenvalue weighted by molar-refractivity contribution is -0.169. The fourth-order valence-electron chi connectivity index (χ4n) is 3.24. The molecule has 26 heavy (non-hydrogen) atoms. The first-order valence-corrected chi connectivity index (χ1v) is 9.77. The van der Waals surface area contributed by atoms with Crippen molar-refractivity contribution in [2.24, 2.45) is 0 Å². The standard InChI is InChI=1S/C18H22O7S/c1-11(19)23-16-14(9-22-17(20)12-7-5-4-6-8-12)26(21)10-13-15(16)25-18(2,3)24-13/h4-8,13-16H,9-10H2,1-3H3/t13-,14+,15+,16+,26?/m0/s1. The number of hydrogen-bond donors (Lipinski definition) is 0. The molecule has 2 saturated heterocycles. The van der Waals surface area contributed by atoms with Gasteiger partial charge in [0.25, 0.3) is 0 Å². The number of ether oxygens (including phenoxy) is 4. The van der Waals surface area contributed by atoms with E-state index in [1.807, 2.05) is 0 Å². The molecule has 0 aliphatic carbocycles. The van der Waals surface area contributed by atoms with E-state index in [1.165, 1.54) is 6.92 Å². The van der Waals surface area contributed by atoms with Crippen LogP contribution in [0.3, 0.4) is 0 Å². The van der Waals surface area contributed by atoms with Crippen molar-refractivity contribution in [3.8, 4) is 0 Å². The second-order valence-corrected chi connectivity index (χ2v) is 8.46. The summed E-state index contributed by atoms with van der Waals surface area (Å²) < 4.78 is 35.0. The Labute approximate surface area is 154 Å². The van der Waals surface area contributed by atoms with Gasteiger partial charge in [-0.25, -0.2) is 4.79 Å². The molecule has 1 aromatic rings. The fraction of sp³-hybridized carbons (Fsp3) is 0.556. The summed E-state index contributed by atoms with van der Waals surface area (Å²) >= 11 is 0. The molecule has 7 nitrogen and oxygen atoms in total. The number of carbonyl (C=O) groups excluding carboxylic acids is 2. The second-order valence-electron chi connectivity index (χ2n) is 6.76. The molecule has 2 heterocycles. The van der Waals surface area contributed by atoms with Gasteiger partial charge in [0.1, 0.15) is 30.2 Å². The largest absolute Gasteiger partial charge is 0.461 e. The summed E-state index contributed by atoms with van der Waals surface area (Å²) in [4.78, 5) is 23.7. The molecule has 1 unspecified atom stereocenters. The van der Waals surface area contributed by atoms with E-state index in [0.717, 1.165) is 0 Å². The molecule has 0 radical (unpaired) electrons. The number of esters is 2. The summed E-state index contributed by atoms with van der Waals surface area (Å²) in [5.74, 6) is -1.65. The maximum Gasteiger partial charge on any atom is 0.338 e. The summed E-state index contributed by atoms with van der Waals surface area (Å²) in [5.41, 5.74) is 0.401. The van der Waals surface area contributed by atoms with Crippen LogP contribution < -0.4 is 0 Å². The van der Waals surface area contributed by atoms with Crippen molar-refractivity contribution in [1.82, 2.24) is 0 Å². The molecule has 5 atom stereocenters. The van der Waals surface area contributed by atoms with Gasteiger partial charge in [-0.15, -0.1) is 0 Å². The lowest BCUT2D eigenvalue weighted by atomic mass is 10.1. The van der Waals surface area contributed by atoms with E-state index in [4.69, 9.17) is 18.9 Å². The highest BCUT2D eigenvalue weighted by Crippen LogP contribution is 2.37. The Bertz CT molecular complexity index is 703. The molecule has 2 aliphatic rings. The first-order chi connectivity index (χ1) is 12.3. The van der Waals surface area contributed by atoms with Crippen molar-refractivity contribution in [3.63, 3.8) is 0 Å². The minimum absolute atomic E-state index is 0.134. The number of rotatable bonds is 4. The molecule has 1 aromatic carbocycles. The third-order valence-corrected chi connectivity index (χ3v) is 6.00. The summed E-state index contributed by atoms with van der Waals surface area (Å²) in [5, 5.41) is -0.676. The van der Waals surface area contributed by atoms with Gasteiger partial charge in [-0.1, -0.05) is 18.2 Å². The van der Waals surface area contributed by atoms with Crippen LogP contribution in [0, 0.1) is 0 Å². The lowest BCUT2D eigenvalue weighted by Gasteiger charge is -2.36. The highest BCUT2D eigenvalue weighted by atomic mass is 32.2. The van der Waals surface area contributed by atoms with E-state index >= 15 is 0 Å². The lowest BCUT2D eigenvalue weighted by Crippen LogP contribution is -2.56. The van der Waals surface area contributed by atoms with E-state index in [9.17, 15) is 13.8 Å². The molecule has 3 rings (SSSR count). The zero-order chi connectivity index (χ0) is 18.9. The van der Waals surface area contributed by atoms with Crippen LogP contribution in [0.2, 0.25) is 0 Å². The van der Waals surface area contributed by atoms with Crippen molar-refractivity contribution < 1.29 is 32.7 Å². The Morgan fingerprint density at radius 2 is 1.92 bits per heavy atom. The average molecular weight is 382 g/mol. The number of hydrogen-bond acceptors (Lipinski definition) is 7. The molecule has 8 heteroatoms. The summed E-state index contributed by atoms with van der Waals surface area (Å²) in [6, 6.07) is 8.52. The van der Waals surface area contributed by atoms with Gasteiger partial charge in [0.2, 0.25) is 0 Å². The van der Waals surface area contributed by atoms with Gasteiger partial charge in [-0.05, 0) is 26.0 Å². The van der Waals surface area contributed by atoms with Crippen molar-refractivity contribution in [1.29, 1.82) is 0 Å². The van der Waals surface area contributed by atoms with Crippen molar-refractivity contribution >= 4 is 22.7 Å². The number of benzene rings is 1. The normalized spacial score (nSPS) is 32.5. The molecule has 0 aromatic heterocycles. The van der Waals surface area contributed by atoms with E-state index in [-0.39, 0.29) is 12.4 Å². The predicted octanol–water partition coefficient (Wildman–Crippen LogP) is 1.43. The van der Waals surface area contributed by atoms with Gasteiger partial charge >= 0.3 is 11.9 Å². The number of carbonyl (C=O) groups is 2. The molecule has 0 N–H and O–H groups in total. The Balaban J connectivity index is 1.74. The van der Waals surface area contributed by atoms with Gasteiger partial charge in [0.05, 0.1) is 11.3 Å². The molecule has 142 valence electrons. The maximum atomic E-state index is 12.7. The van der Waals surface area contributed by atoms with E-state index < -0.39 is 52.1 Å². The maximum absolute atomic E-state index is 12.7. The van der Waals surface area contributed by atoms with Crippen LogP contribution in [0.5, 0.6) is 0 Å². The topological polar surface area (TPSA) is 88.1 Å². The van der Waals surface area contributed by atoms with Gasteiger partial charge in [-0.3, -0.25) is 9.00 Å². The van der Waals surface area contributed by atoms with E-state index in [0.29, 0.717) is 5.56 Å². The zero-order valence-corrected chi connectivity index (χ0v) is 15.7. The van der Waals surface area contributed by atoms with Crippen LogP contribution in [-0.4, -0.2) is 57.9 Å². The smallest absolute Gasteiger partial charge is 0.338 e. The summed E-state index contributed by atoms with van der Waals surface area (Å²) in [6.07, 6.45) is -1.79. The zero-order valence-electron chi connectivity index (χ0n) is 14.9. The minimum Gasteiger partial charge on any atom is -0.461 e. The Morgan fingerprint density at radius 1 is 1.23 bits per heavy atom. The molecule has 0 spiro atoms. The Hall–Kier alpha value is -1.77. The quantitative estimate of drug-likeness (QED) is 0.728. The van der Waals surface area contributed by atoms with Gasteiger partial charge in [0, 0.05) is 17.7 Å². The fourth-order valence-corrected chi connectivity index (χ4v) is 4.80. The van der Waals surface area contributed by atoms with Crippen molar-refractivity contribution in [2.45, 2.75) is 50.1 Å². The molecular formula is C18H22O7S. The Morgan fingerprint density at radius 3 is 2.58 bits per heavy atom. The minimum atomic E-state index is -1.40. The third kappa shape index (κ3) is 4.13. The van der Waals surface area contributed by atoms with E-state index in [1.54, 1.807) is 44.2 Å². The van der Waals surface area contributed by atoms with Crippen LogP contribution >= 0.6 is 0 Å².